The zero-order valence-corrected chi connectivity index (χ0v) is 7.68. The third-order valence-electron chi connectivity index (χ3n) is 2.89. The van der Waals surface area contributed by atoms with Crippen molar-refractivity contribution in [1.29, 1.82) is 0 Å². The highest BCUT2D eigenvalue weighted by molar-refractivity contribution is 4.70. The van der Waals surface area contributed by atoms with Crippen molar-refractivity contribution in [2.24, 2.45) is 11.7 Å². The van der Waals surface area contributed by atoms with Crippen LogP contribution in [0.5, 0.6) is 0 Å². The van der Waals surface area contributed by atoms with Crippen molar-refractivity contribution in [2.45, 2.75) is 57.9 Å². The first kappa shape index (κ1) is 9.05. The molecule has 0 aromatic rings. The Hall–Kier alpha value is -0.0400. The molecule has 1 atom stereocenters. The number of nitrogens with two attached hydrogens (primary N) is 1. The second kappa shape index (κ2) is 4.76. The normalized spacial score (nSPS) is 25.6. The van der Waals surface area contributed by atoms with E-state index in [1.54, 1.807) is 0 Å². The summed E-state index contributed by atoms with van der Waals surface area (Å²) >= 11 is 0. The molecule has 0 saturated heterocycles. The van der Waals surface area contributed by atoms with Crippen molar-refractivity contribution in [2.75, 3.05) is 0 Å². The molecule has 0 aliphatic heterocycles. The Bertz CT molecular complexity index is 91.0. The largest absolute Gasteiger partial charge is 0.328 e. The van der Waals surface area contributed by atoms with E-state index in [1.807, 2.05) is 0 Å². The standard InChI is InChI=1S/C10H21N/c1-9(11)10-7-5-3-2-4-6-8-10/h9-10H,2-8,11H2,1H3. The molecule has 1 heteroatoms. The molecule has 1 saturated carbocycles. The Morgan fingerprint density at radius 3 is 1.91 bits per heavy atom. The summed E-state index contributed by atoms with van der Waals surface area (Å²) in [6.45, 7) is 2.16. The second-order valence-corrected chi connectivity index (χ2v) is 3.96. The molecule has 0 aromatic carbocycles. The molecule has 1 aliphatic rings. The summed E-state index contributed by atoms with van der Waals surface area (Å²) in [6.07, 6.45) is 9.88. The van der Waals surface area contributed by atoms with Gasteiger partial charge in [0.15, 0.2) is 0 Å². The molecule has 1 unspecified atom stereocenters. The fourth-order valence-electron chi connectivity index (χ4n) is 2.01. The fourth-order valence-corrected chi connectivity index (χ4v) is 2.01. The van der Waals surface area contributed by atoms with Crippen molar-refractivity contribution in [3.05, 3.63) is 0 Å². The highest BCUT2D eigenvalue weighted by atomic mass is 14.6. The van der Waals surface area contributed by atoms with Crippen LogP contribution >= 0.6 is 0 Å². The third-order valence-corrected chi connectivity index (χ3v) is 2.89. The molecule has 1 fully saturated rings. The highest BCUT2D eigenvalue weighted by Gasteiger charge is 2.14. The molecule has 0 radical (unpaired) electrons. The van der Waals surface area contributed by atoms with E-state index in [4.69, 9.17) is 5.73 Å². The Morgan fingerprint density at radius 1 is 1.00 bits per heavy atom. The average molecular weight is 155 g/mol. The molecule has 0 bridgehead atoms. The summed E-state index contributed by atoms with van der Waals surface area (Å²) < 4.78 is 0. The lowest BCUT2D eigenvalue weighted by Gasteiger charge is -2.22. The van der Waals surface area contributed by atoms with Crippen molar-refractivity contribution >= 4 is 0 Å². The Morgan fingerprint density at radius 2 is 1.45 bits per heavy atom. The van der Waals surface area contributed by atoms with Gasteiger partial charge in [-0.15, -0.1) is 0 Å². The quantitative estimate of drug-likeness (QED) is 0.619. The van der Waals surface area contributed by atoms with Gasteiger partial charge in [-0.05, 0) is 25.7 Å². The lowest BCUT2D eigenvalue weighted by molar-refractivity contribution is 0.336. The molecular weight excluding hydrogens is 134 g/mol. The molecule has 0 aromatic heterocycles. The van der Waals surface area contributed by atoms with Crippen molar-refractivity contribution in [3.63, 3.8) is 0 Å². The number of hydrogen-bond acceptors (Lipinski definition) is 1. The van der Waals surface area contributed by atoms with Crippen LogP contribution in [-0.4, -0.2) is 6.04 Å². The topological polar surface area (TPSA) is 26.0 Å². The van der Waals surface area contributed by atoms with Gasteiger partial charge < -0.3 is 5.73 Å². The summed E-state index contributed by atoms with van der Waals surface area (Å²) in [4.78, 5) is 0. The highest BCUT2D eigenvalue weighted by Crippen LogP contribution is 2.23. The molecule has 1 rings (SSSR count). The minimum atomic E-state index is 0.424. The lowest BCUT2D eigenvalue weighted by Crippen LogP contribution is -2.27. The van der Waals surface area contributed by atoms with E-state index in [-0.39, 0.29) is 0 Å². The zero-order valence-electron chi connectivity index (χ0n) is 7.68. The second-order valence-electron chi connectivity index (χ2n) is 3.96. The van der Waals surface area contributed by atoms with Crippen LogP contribution in [0.1, 0.15) is 51.9 Å². The number of hydrogen-bond donors (Lipinski definition) is 1. The van der Waals surface area contributed by atoms with Crippen LogP contribution in [-0.2, 0) is 0 Å². The van der Waals surface area contributed by atoms with Gasteiger partial charge in [0.1, 0.15) is 0 Å². The molecular formula is C10H21N. The van der Waals surface area contributed by atoms with Gasteiger partial charge >= 0.3 is 0 Å². The molecule has 1 aliphatic carbocycles. The predicted molar refractivity (Wildman–Crippen MR) is 49.5 cm³/mol. The van der Waals surface area contributed by atoms with Gasteiger partial charge in [-0.25, -0.2) is 0 Å². The van der Waals surface area contributed by atoms with Gasteiger partial charge in [-0.2, -0.15) is 0 Å². The van der Waals surface area contributed by atoms with E-state index >= 15 is 0 Å². The number of rotatable bonds is 1. The van der Waals surface area contributed by atoms with Crippen molar-refractivity contribution in [3.8, 4) is 0 Å². The molecule has 1 nitrogen and oxygen atoms in total. The predicted octanol–water partition coefficient (Wildman–Crippen LogP) is 2.69. The van der Waals surface area contributed by atoms with Crippen LogP contribution in [0.15, 0.2) is 0 Å². The van der Waals surface area contributed by atoms with E-state index in [0.717, 1.165) is 5.92 Å². The smallest absolute Gasteiger partial charge is 0.00387 e. The maximum Gasteiger partial charge on any atom is 0.00387 e. The summed E-state index contributed by atoms with van der Waals surface area (Å²) in [5, 5.41) is 0. The Balaban J connectivity index is 2.26. The average Bonchev–Trinajstić information content (AvgIpc) is 1.84. The van der Waals surface area contributed by atoms with E-state index in [9.17, 15) is 0 Å². The van der Waals surface area contributed by atoms with Gasteiger partial charge in [-0.3, -0.25) is 0 Å². The zero-order chi connectivity index (χ0) is 8.10. The minimum Gasteiger partial charge on any atom is -0.328 e. The van der Waals surface area contributed by atoms with E-state index in [1.165, 1.54) is 44.9 Å². The molecule has 66 valence electrons. The molecule has 0 amide bonds. The van der Waals surface area contributed by atoms with Crippen LogP contribution in [0.2, 0.25) is 0 Å². The molecule has 0 spiro atoms. The molecule has 2 N–H and O–H groups in total. The van der Waals surface area contributed by atoms with Gasteiger partial charge in [0.25, 0.3) is 0 Å². The first-order valence-corrected chi connectivity index (χ1v) is 5.06. The fraction of sp³-hybridized carbons (Fsp3) is 1.00. The monoisotopic (exact) mass is 155 g/mol. The van der Waals surface area contributed by atoms with Crippen molar-refractivity contribution < 1.29 is 0 Å². The van der Waals surface area contributed by atoms with Crippen LogP contribution in [0.4, 0.5) is 0 Å². The summed E-state index contributed by atoms with van der Waals surface area (Å²) in [7, 11) is 0. The van der Waals surface area contributed by atoms with Crippen LogP contribution in [0.25, 0.3) is 0 Å². The van der Waals surface area contributed by atoms with Crippen LogP contribution in [0.3, 0.4) is 0 Å². The third kappa shape index (κ3) is 3.24. The maximum atomic E-state index is 5.89. The summed E-state index contributed by atoms with van der Waals surface area (Å²) in [5.41, 5.74) is 5.89. The SMILES string of the molecule is CC(N)C1CCCCCCC1. The Labute approximate surface area is 70.4 Å². The molecule has 0 heterocycles. The lowest BCUT2D eigenvalue weighted by atomic mass is 9.87. The summed E-state index contributed by atoms with van der Waals surface area (Å²) in [5.74, 6) is 0.815. The molecule has 11 heavy (non-hydrogen) atoms. The first-order valence-electron chi connectivity index (χ1n) is 5.06. The Kier molecular flexibility index (Phi) is 3.92. The van der Waals surface area contributed by atoms with Crippen LogP contribution in [0, 0.1) is 5.92 Å². The van der Waals surface area contributed by atoms with Gasteiger partial charge in [-0.1, -0.05) is 32.1 Å². The van der Waals surface area contributed by atoms with Crippen LogP contribution < -0.4 is 5.73 Å². The van der Waals surface area contributed by atoms with Gasteiger partial charge in [0.2, 0.25) is 0 Å². The first-order chi connectivity index (χ1) is 5.30. The maximum absolute atomic E-state index is 5.89. The van der Waals surface area contributed by atoms with E-state index in [2.05, 4.69) is 6.92 Å². The van der Waals surface area contributed by atoms with Crippen molar-refractivity contribution in [1.82, 2.24) is 0 Å². The minimum absolute atomic E-state index is 0.424. The van der Waals surface area contributed by atoms with E-state index < -0.39 is 0 Å². The summed E-state index contributed by atoms with van der Waals surface area (Å²) in [6, 6.07) is 0.424. The van der Waals surface area contributed by atoms with Gasteiger partial charge in [0, 0.05) is 6.04 Å². The van der Waals surface area contributed by atoms with E-state index in [0.29, 0.717) is 6.04 Å². The van der Waals surface area contributed by atoms with Gasteiger partial charge in [0.05, 0.1) is 0 Å².